The van der Waals surface area contributed by atoms with Crippen molar-refractivity contribution < 1.29 is 0 Å². The normalized spacial score (nSPS) is 16.5. The summed E-state index contributed by atoms with van der Waals surface area (Å²) in [5.74, 6) is 0.825. The van der Waals surface area contributed by atoms with Crippen LogP contribution in [-0.4, -0.2) is 16.1 Å². The first kappa shape index (κ1) is 12.4. The summed E-state index contributed by atoms with van der Waals surface area (Å²) in [4.78, 5) is 4.07. The van der Waals surface area contributed by atoms with Gasteiger partial charge in [-0.1, -0.05) is 29.8 Å². The Morgan fingerprint density at radius 3 is 2.74 bits per heavy atom. The topological polar surface area (TPSA) is 29.9 Å². The lowest BCUT2D eigenvalue weighted by atomic mass is 10.0. The molecule has 1 N–H and O–H groups in total. The average molecular weight is 255 g/mol. The maximum absolute atomic E-state index is 4.07. The molecule has 2 aromatic rings. The number of imidazole rings is 1. The molecule has 0 aliphatic heterocycles. The second-order valence-corrected chi connectivity index (χ2v) is 5.48. The van der Waals surface area contributed by atoms with Crippen LogP contribution in [-0.2, 0) is 6.54 Å². The zero-order valence-electron chi connectivity index (χ0n) is 11.4. The van der Waals surface area contributed by atoms with Gasteiger partial charge in [-0.3, -0.25) is 0 Å². The SMILES string of the molecule is Cc1ccc(C(NCCn2ccnc2)C2CC2)cc1. The van der Waals surface area contributed by atoms with Crippen molar-refractivity contribution in [2.45, 2.75) is 32.4 Å². The van der Waals surface area contributed by atoms with Crippen LogP contribution >= 0.6 is 0 Å². The molecule has 1 aromatic heterocycles. The smallest absolute Gasteiger partial charge is 0.0946 e. The van der Waals surface area contributed by atoms with Gasteiger partial charge in [-0.2, -0.15) is 0 Å². The van der Waals surface area contributed by atoms with Gasteiger partial charge in [-0.25, -0.2) is 4.98 Å². The van der Waals surface area contributed by atoms with Crippen molar-refractivity contribution in [3.05, 3.63) is 54.1 Å². The molecule has 1 atom stereocenters. The molecule has 1 aromatic carbocycles. The number of aromatic nitrogens is 2. The lowest BCUT2D eigenvalue weighted by Crippen LogP contribution is -2.26. The van der Waals surface area contributed by atoms with Gasteiger partial charge in [-0.05, 0) is 31.2 Å². The van der Waals surface area contributed by atoms with Crippen LogP contribution in [0.2, 0.25) is 0 Å². The van der Waals surface area contributed by atoms with Crippen molar-refractivity contribution in [1.82, 2.24) is 14.9 Å². The molecule has 0 radical (unpaired) electrons. The quantitative estimate of drug-likeness (QED) is 0.860. The highest BCUT2D eigenvalue weighted by Crippen LogP contribution is 2.40. The van der Waals surface area contributed by atoms with E-state index in [0.29, 0.717) is 6.04 Å². The van der Waals surface area contributed by atoms with Crippen LogP contribution in [0.1, 0.15) is 30.0 Å². The maximum atomic E-state index is 4.07. The molecule has 1 saturated carbocycles. The molecular weight excluding hydrogens is 234 g/mol. The number of nitrogens with one attached hydrogen (secondary N) is 1. The van der Waals surface area contributed by atoms with Gasteiger partial charge < -0.3 is 9.88 Å². The van der Waals surface area contributed by atoms with E-state index in [0.717, 1.165) is 19.0 Å². The third-order valence-corrected chi connectivity index (χ3v) is 3.82. The molecule has 3 heteroatoms. The molecule has 1 aliphatic rings. The van der Waals surface area contributed by atoms with Crippen LogP contribution < -0.4 is 5.32 Å². The lowest BCUT2D eigenvalue weighted by Gasteiger charge is -2.19. The van der Waals surface area contributed by atoms with E-state index in [1.165, 1.54) is 24.0 Å². The summed E-state index contributed by atoms with van der Waals surface area (Å²) in [6, 6.07) is 9.47. The van der Waals surface area contributed by atoms with Gasteiger partial charge in [0.2, 0.25) is 0 Å². The molecule has 0 amide bonds. The number of benzene rings is 1. The monoisotopic (exact) mass is 255 g/mol. The predicted octanol–water partition coefficient (Wildman–Crippen LogP) is 2.93. The highest BCUT2D eigenvalue weighted by atomic mass is 15.1. The number of aryl methyl sites for hydroxylation is 1. The first-order valence-electron chi connectivity index (χ1n) is 7.08. The van der Waals surface area contributed by atoms with Crippen LogP contribution in [0.15, 0.2) is 43.0 Å². The van der Waals surface area contributed by atoms with Crippen molar-refractivity contribution in [3.63, 3.8) is 0 Å². The summed E-state index contributed by atoms with van der Waals surface area (Å²) < 4.78 is 2.12. The first-order valence-corrected chi connectivity index (χ1v) is 7.08. The van der Waals surface area contributed by atoms with E-state index in [1.54, 1.807) is 0 Å². The van der Waals surface area contributed by atoms with Gasteiger partial charge in [0.25, 0.3) is 0 Å². The first-order chi connectivity index (χ1) is 9.33. The minimum absolute atomic E-state index is 0.518. The lowest BCUT2D eigenvalue weighted by molar-refractivity contribution is 0.461. The maximum Gasteiger partial charge on any atom is 0.0946 e. The van der Waals surface area contributed by atoms with Crippen molar-refractivity contribution in [3.8, 4) is 0 Å². The average Bonchev–Trinajstić information content (AvgIpc) is 3.13. The van der Waals surface area contributed by atoms with E-state index >= 15 is 0 Å². The van der Waals surface area contributed by atoms with Crippen molar-refractivity contribution in [2.75, 3.05) is 6.54 Å². The minimum Gasteiger partial charge on any atom is -0.336 e. The molecule has 19 heavy (non-hydrogen) atoms. The molecule has 100 valence electrons. The Morgan fingerprint density at radius 2 is 2.11 bits per heavy atom. The van der Waals surface area contributed by atoms with Gasteiger partial charge in [0.05, 0.1) is 6.33 Å². The Morgan fingerprint density at radius 1 is 1.32 bits per heavy atom. The Hall–Kier alpha value is -1.61. The molecule has 0 bridgehead atoms. The van der Waals surface area contributed by atoms with Crippen LogP contribution in [0.5, 0.6) is 0 Å². The highest BCUT2D eigenvalue weighted by Gasteiger charge is 2.31. The Balaban J connectivity index is 1.60. The van der Waals surface area contributed by atoms with Gasteiger partial charge in [0, 0.05) is 31.5 Å². The van der Waals surface area contributed by atoms with Gasteiger partial charge in [-0.15, -0.1) is 0 Å². The fourth-order valence-corrected chi connectivity index (χ4v) is 2.53. The van der Waals surface area contributed by atoms with Crippen molar-refractivity contribution >= 4 is 0 Å². The van der Waals surface area contributed by atoms with Gasteiger partial charge in [0.1, 0.15) is 0 Å². The van der Waals surface area contributed by atoms with E-state index in [-0.39, 0.29) is 0 Å². The molecule has 0 saturated heterocycles. The standard InChI is InChI=1S/C16H21N3/c1-13-2-4-14(5-3-13)16(15-6-7-15)18-9-11-19-10-8-17-12-19/h2-5,8,10,12,15-16,18H,6-7,9,11H2,1H3. The Kier molecular flexibility index (Phi) is 3.65. The second-order valence-electron chi connectivity index (χ2n) is 5.48. The molecule has 1 heterocycles. The van der Waals surface area contributed by atoms with Gasteiger partial charge >= 0.3 is 0 Å². The Labute approximate surface area is 114 Å². The molecule has 1 aliphatic carbocycles. The summed E-state index contributed by atoms with van der Waals surface area (Å²) in [7, 11) is 0. The van der Waals surface area contributed by atoms with E-state index in [1.807, 2.05) is 18.7 Å². The van der Waals surface area contributed by atoms with E-state index in [9.17, 15) is 0 Å². The van der Waals surface area contributed by atoms with Gasteiger partial charge in [0.15, 0.2) is 0 Å². The molecule has 1 fully saturated rings. The summed E-state index contributed by atoms with van der Waals surface area (Å²) >= 11 is 0. The fraction of sp³-hybridized carbons (Fsp3) is 0.438. The fourth-order valence-electron chi connectivity index (χ4n) is 2.53. The third-order valence-electron chi connectivity index (χ3n) is 3.82. The van der Waals surface area contributed by atoms with E-state index in [4.69, 9.17) is 0 Å². The molecular formula is C16H21N3. The summed E-state index contributed by atoms with van der Waals surface area (Å²) in [6.45, 7) is 4.11. The summed E-state index contributed by atoms with van der Waals surface area (Å²) in [6.07, 6.45) is 8.44. The molecule has 1 unspecified atom stereocenters. The number of hydrogen-bond donors (Lipinski definition) is 1. The number of rotatable bonds is 6. The van der Waals surface area contributed by atoms with Crippen LogP contribution in [0.3, 0.4) is 0 Å². The molecule has 3 rings (SSSR count). The zero-order chi connectivity index (χ0) is 13.1. The van der Waals surface area contributed by atoms with Crippen molar-refractivity contribution in [1.29, 1.82) is 0 Å². The predicted molar refractivity (Wildman–Crippen MR) is 76.9 cm³/mol. The van der Waals surface area contributed by atoms with Crippen LogP contribution in [0.4, 0.5) is 0 Å². The van der Waals surface area contributed by atoms with Crippen molar-refractivity contribution in [2.24, 2.45) is 5.92 Å². The second kappa shape index (κ2) is 5.57. The van der Waals surface area contributed by atoms with Crippen LogP contribution in [0.25, 0.3) is 0 Å². The van der Waals surface area contributed by atoms with E-state index in [2.05, 4.69) is 46.1 Å². The summed E-state index contributed by atoms with van der Waals surface area (Å²) in [5, 5.41) is 3.71. The number of hydrogen-bond acceptors (Lipinski definition) is 2. The highest BCUT2D eigenvalue weighted by molar-refractivity contribution is 5.25. The largest absolute Gasteiger partial charge is 0.336 e. The molecule has 3 nitrogen and oxygen atoms in total. The summed E-state index contributed by atoms with van der Waals surface area (Å²) in [5.41, 5.74) is 2.76. The minimum atomic E-state index is 0.518. The number of nitrogens with zero attached hydrogens (tertiary/aromatic N) is 2. The third kappa shape index (κ3) is 3.24. The van der Waals surface area contributed by atoms with Crippen LogP contribution in [0, 0.1) is 12.8 Å². The van der Waals surface area contributed by atoms with E-state index < -0.39 is 0 Å². The zero-order valence-corrected chi connectivity index (χ0v) is 11.4. The Bertz CT molecular complexity index is 497. The molecule has 0 spiro atoms.